The lowest BCUT2D eigenvalue weighted by molar-refractivity contribution is 0.590. The molecule has 7 heteroatoms. The van der Waals surface area contributed by atoms with Crippen LogP contribution in [0.1, 0.15) is 52.7 Å². The average Bonchev–Trinajstić information content (AvgIpc) is 0.760. The molecule has 0 bridgehead atoms. The van der Waals surface area contributed by atoms with Gasteiger partial charge in [0, 0.05) is 93.9 Å². The average molecular weight is 1270 g/mol. The van der Waals surface area contributed by atoms with Crippen LogP contribution < -0.4 is 26.2 Å². The van der Waals surface area contributed by atoms with Crippen molar-refractivity contribution in [2.45, 2.75) is 52.4 Å². The summed E-state index contributed by atoms with van der Waals surface area (Å²) in [4.78, 5) is 5.27. The monoisotopic (exact) mass is 1270 g/mol. The van der Waals surface area contributed by atoms with E-state index in [1.807, 2.05) is 6.07 Å². The summed E-state index contributed by atoms with van der Waals surface area (Å²) in [6, 6.07) is 111. The molecule has 0 radical (unpaired) electrons. The topological polar surface area (TPSA) is 42.6 Å². The number of rotatable bonds is 7. The first kappa shape index (κ1) is 57.2. The molecule has 14 aromatic carbocycles. The van der Waals surface area contributed by atoms with Crippen LogP contribution in [0.2, 0.25) is 0 Å². The number of benzene rings is 14. The summed E-state index contributed by atoms with van der Waals surface area (Å²) in [7, 11) is 0. The Balaban J connectivity index is 0.956. The first-order valence-electron chi connectivity index (χ1n) is 34.6. The molecule has 0 N–H and O–H groups in total. The maximum Gasteiger partial charge on any atom is 0.252 e. The normalized spacial score (nSPS) is 13.1. The molecular formula is C92H67BN4O2. The van der Waals surface area contributed by atoms with Gasteiger partial charge in [-0.25, -0.2) is 0 Å². The molecule has 0 fully saturated rings. The third-order valence-electron chi connectivity index (χ3n) is 21.4. The quantitative estimate of drug-likeness (QED) is 0.149. The minimum Gasteiger partial charge on any atom is -0.456 e. The first-order chi connectivity index (χ1) is 48.4. The maximum atomic E-state index is 7.38. The van der Waals surface area contributed by atoms with Gasteiger partial charge < -0.3 is 27.8 Å². The molecule has 20 rings (SSSR count). The van der Waals surface area contributed by atoms with Gasteiger partial charge >= 0.3 is 0 Å². The van der Waals surface area contributed by atoms with Crippen LogP contribution in [0.15, 0.2) is 306 Å². The Morgan fingerprint density at radius 3 is 1.17 bits per heavy atom. The lowest BCUT2D eigenvalue weighted by Crippen LogP contribution is -2.61. The molecule has 2 aliphatic heterocycles. The fraction of sp³-hybridized carbons (Fsp3) is 0.0870. The van der Waals surface area contributed by atoms with E-state index in [4.69, 9.17) is 8.83 Å². The van der Waals surface area contributed by atoms with Gasteiger partial charge in [0.15, 0.2) is 0 Å². The molecule has 0 unspecified atom stereocenters. The molecule has 0 amide bonds. The van der Waals surface area contributed by atoms with Gasteiger partial charge in [-0.1, -0.05) is 236 Å². The van der Waals surface area contributed by atoms with Crippen molar-refractivity contribution in [1.82, 2.24) is 9.13 Å². The zero-order valence-corrected chi connectivity index (χ0v) is 56.0. The molecule has 0 aliphatic carbocycles. The van der Waals surface area contributed by atoms with Gasteiger partial charge in [-0.2, -0.15) is 0 Å². The molecular weight excluding hydrogens is 1200 g/mol. The minimum absolute atomic E-state index is 0.142. The van der Waals surface area contributed by atoms with Crippen LogP contribution in [-0.2, 0) is 10.8 Å². The summed E-state index contributed by atoms with van der Waals surface area (Å²) in [5.41, 5.74) is 29.2. The molecule has 470 valence electrons. The summed E-state index contributed by atoms with van der Waals surface area (Å²) < 4.78 is 18.9. The second-order valence-corrected chi connectivity index (χ2v) is 29.1. The van der Waals surface area contributed by atoms with E-state index in [2.05, 4.69) is 352 Å². The van der Waals surface area contributed by atoms with Gasteiger partial charge in [0.2, 0.25) is 0 Å². The highest BCUT2D eigenvalue weighted by atomic mass is 16.3. The molecule has 18 aromatic rings. The highest BCUT2D eigenvalue weighted by Crippen LogP contribution is 2.53. The number of furan rings is 2. The van der Waals surface area contributed by atoms with E-state index in [0.29, 0.717) is 0 Å². The van der Waals surface area contributed by atoms with Crippen molar-refractivity contribution in [2.75, 3.05) is 9.80 Å². The van der Waals surface area contributed by atoms with Gasteiger partial charge in [0.1, 0.15) is 22.3 Å². The highest BCUT2D eigenvalue weighted by Gasteiger charge is 2.45. The van der Waals surface area contributed by atoms with E-state index in [-0.39, 0.29) is 17.5 Å². The zero-order chi connectivity index (χ0) is 66.2. The van der Waals surface area contributed by atoms with Crippen LogP contribution >= 0.6 is 0 Å². The largest absolute Gasteiger partial charge is 0.456 e. The molecule has 2 aliphatic rings. The fourth-order valence-corrected chi connectivity index (χ4v) is 16.7. The Labute approximate surface area is 574 Å². The van der Waals surface area contributed by atoms with E-state index in [1.54, 1.807) is 0 Å². The smallest absolute Gasteiger partial charge is 0.252 e. The third kappa shape index (κ3) is 8.56. The van der Waals surface area contributed by atoms with Crippen LogP contribution in [0.4, 0.5) is 34.1 Å². The molecule has 0 atom stereocenters. The number of nitrogens with zero attached hydrogens (tertiary/aromatic N) is 4. The van der Waals surface area contributed by atoms with Crippen LogP contribution in [0.5, 0.6) is 0 Å². The third-order valence-corrected chi connectivity index (χ3v) is 21.4. The van der Waals surface area contributed by atoms with Crippen molar-refractivity contribution in [3.05, 3.63) is 308 Å². The zero-order valence-electron chi connectivity index (χ0n) is 56.0. The SMILES string of the molecule is CC(C)(C)c1ccc(N2c3cc(-n4c5ccccc5c5ccccc54)ccc3B3c4ccc(-n5c6ccccc6c6ccccc65)cc4N(c4ccc(C(C)(C)C)cc4-c4ccccc4)c4cc(-c5cccc6c5oc5ccc7oc8ccccc8c7c56)cc2c43)c(-c2ccccc2)c1. The fourth-order valence-electron chi connectivity index (χ4n) is 16.7. The Bertz CT molecular complexity index is 6010. The van der Waals surface area contributed by atoms with Crippen molar-refractivity contribution in [1.29, 1.82) is 0 Å². The molecule has 99 heavy (non-hydrogen) atoms. The van der Waals surface area contributed by atoms with Gasteiger partial charge in [0.25, 0.3) is 6.71 Å². The standard InChI is InChI=1S/C92H67BN4O2/c1-91(2,3)59-40-46-78(70(52-59)56-24-9-7-10-25-56)96-80-54-61(94-74-35-18-13-28-64(74)65-29-14-19-36-75(65)94)42-44-72(80)93-73-45-43-62(95-76-37-20-15-30-66(76)67-31-16-21-38-77(67)95)55-81(73)97(79-47-41-60(92(4,5)6)53-71(79)57-26-11-8-12-27-57)83-51-58(50-82(96)89(83)93)63-33-23-34-69-88-86(99-90(63)69)49-48-85-87(88)68-32-17-22-39-84(68)98-85/h7-55H,1-6H3. The Hall–Kier alpha value is -12.1. The van der Waals surface area contributed by atoms with Crippen molar-refractivity contribution in [3.8, 4) is 44.8 Å². The highest BCUT2D eigenvalue weighted by molar-refractivity contribution is 7.00. The van der Waals surface area contributed by atoms with Gasteiger partial charge in [0.05, 0.1) is 33.4 Å². The van der Waals surface area contributed by atoms with Crippen LogP contribution in [-0.4, -0.2) is 15.8 Å². The first-order valence-corrected chi connectivity index (χ1v) is 34.6. The summed E-state index contributed by atoms with van der Waals surface area (Å²) in [5.74, 6) is 0. The van der Waals surface area contributed by atoms with Gasteiger partial charge in [-0.15, -0.1) is 0 Å². The summed E-state index contributed by atoms with van der Waals surface area (Å²) >= 11 is 0. The number of hydrogen-bond donors (Lipinski definition) is 0. The number of para-hydroxylation sites is 6. The van der Waals surface area contributed by atoms with Crippen molar-refractivity contribution in [2.24, 2.45) is 0 Å². The van der Waals surface area contributed by atoms with Gasteiger partial charge in [-0.05, 0) is 158 Å². The predicted molar refractivity (Wildman–Crippen MR) is 417 cm³/mol. The van der Waals surface area contributed by atoms with Crippen LogP contribution in [0, 0.1) is 0 Å². The van der Waals surface area contributed by atoms with E-state index >= 15 is 0 Å². The Morgan fingerprint density at radius 2 is 0.697 bits per heavy atom. The molecule has 6 heterocycles. The molecule has 0 saturated carbocycles. The minimum atomic E-state index is -0.242. The van der Waals surface area contributed by atoms with Crippen molar-refractivity contribution < 1.29 is 8.83 Å². The molecule has 0 saturated heterocycles. The predicted octanol–water partition coefficient (Wildman–Crippen LogP) is 23.4. The van der Waals surface area contributed by atoms with E-state index in [1.165, 1.54) is 49.1 Å². The van der Waals surface area contributed by atoms with E-state index in [0.717, 1.165) is 145 Å². The molecule has 6 nitrogen and oxygen atoms in total. The number of hydrogen-bond acceptors (Lipinski definition) is 4. The van der Waals surface area contributed by atoms with Crippen LogP contribution in [0.3, 0.4) is 0 Å². The number of fused-ring (bicyclic) bond motifs is 17. The number of aromatic nitrogens is 2. The van der Waals surface area contributed by atoms with E-state index in [9.17, 15) is 0 Å². The van der Waals surface area contributed by atoms with Crippen molar-refractivity contribution >= 4 is 145 Å². The van der Waals surface area contributed by atoms with Gasteiger partial charge in [-0.3, -0.25) is 0 Å². The number of anilines is 6. The van der Waals surface area contributed by atoms with Crippen LogP contribution in [0.25, 0.3) is 132 Å². The second-order valence-electron chi connectivity index (χ2n) is 29.1. The summed E-state index contributed by atoms with van der Waals surface area (Å²) in [6.07, 6.45) is 0. The summed E-state index contributed by atoms with van der Waals surface area (Å²) in [5, 5.41) is 9.10. The molecule has 4 aromatic heterocycles. The molecule has 0 spiro atoms. The maximum absolute atomic E-state index is 7.38. The lowest BCUT2D eigenvalue weighted by atomic mass is 9.33. The lowest BCUT2D eigenvalue weighted by Gasteiger charge is -2.45. The Kier molecular flexibility index (Phi) is 12.3. The van der Waals surface area contributed by atoms with E-state index < -0.39 is 0 Å². The van der Waals surface area contributed by atoms with Crippen molar-refractivity contribution in [3.63, 3.8) is 0 Å². The Morgan fingerprint density at radius 1 is 0.283 bits per heavy atom. The summed E-state index contributed by atoms with van der Waals surface area (Å²) in [6.45, 7) is 13.7. The second kappa shape index (κ2) is 21.2.